The summed E-state index contributed by atoms with van der Waals surface area (Å²) in [5, 5.41) is 2.69. The normalized spacial score (nSPS) is 17.0. The van der Waals surface area contributed by atoms with Crippen molar-refractivity contribution in [3.63, 3.8) is 0 Å². The van der Waals surface area contributed by atoms with Crippen molar-refractivity contribution in [2.75, 3.05) is 18.4 Å². The van der Waals surface area contributed by atoms with E-state index in [-0.39, 0.29) is 0 Å². The van der Waals surface area contributed by atoms with E-state index in [1.165, 1.54) is 37.9 Å². The summed E-state index contributed by atoms with van der Waals surface area (Å²) in [5.41, 5.74) is 2.15. The van der Waals surface area contributed by atoms with Gasteiger partial charge in [-0.15, -0.1) is 0 Å². The highest BCUT2D eigenvalue weighted by Gasteiger charge is 2.10. The van der Waals surface area contributed by atoms with Gasteiger partial charge in [0.15, 0.2) is 0 Å². The topological polar surface area (TPSA) is 32.3 Å². The lowest BCUT2D eigenvalue weighted by atomic mass is 10.1. The lowest BCUT2D eigenvalue weighted by Gasteiger charge is -2.26. The molecule has 1 aromatic carbocycles. The van der Waals surface area contributed by atoms with Crippen LogP contribution in [0.1, 0.15) is 24.8 Å². The molecule has 0 saturated carbocycles. The quantitative estimate of drug-likeness (QED) is 0.786. The maximum Gasteiger partial charge on any atom is 0.211 e. The first-order valence-electron chi connectivity index (χ1n) is 5.90. The van der Waals surface area contributed by atoms with Crippen molar-refractivity contribution in [1.29, 1.82) is 0 Å². The monoisotopic (exact) mass is 218 g/mol. The third-order valence-electron chi connectivity index (χ3n) is 3.01. The van der Waals surface area contributed by atoms with Crippen molar-refractivity contribution < 1.29 is 4.79 Å². The molecule has 0 aromatic heterocycles. The highest BCUT2D eigenvalue weighted by Crippen LogP contribution is 2.15. The molecule has 16 heavy (non-hydrogen) atoms. The maximum absolute atomic E-state index is 10.4. The van der Waals surface area contributed by atoms with Gasteiger partial charge in [0.25, 0.3) is 0 Å². The maximum atomic E-state index is 10.4. The smallest absolute Gasteiger partial charge is 0.211 e. The Kier molecular flexibility index (Phi) is 3.94. The number of carbonyl (C=O) groups is 1. The molecule has 1 N–H and O–H groups in total. The van der Waals surface area contributed by atoms with Crippen LogP contribution in [0.5, 0.6) is 0 Å². The zero-order valence-corrected chi connectivity index (χ0v) is 9.48. The molecular formula is C13H18N2O. The molecule has 1 aliphatic rings. The second-order valence-electron chi connectivity index (χ2n) is 4.30. The predicted molar refractivity (Wildman–Crippen MR) is 65.3 cm³/mol. The van der Waals surface area contributed by atoms with Crippen molar-refractivity contribution in [2.24, 2.45) is 0 Å². The van der Waals surface area contributed by atoms with Crippen LogP contribution < -0.4 is 5.32 Å². The predicted octanol–water partition coefficient (Wildman–Crippen LogP) is 2.24. The molecule has 1 aliphatic heterocycles. The van der Waals surface area contributed by atoms with E-state index >= 15 is 0 Å². The molecule has 0 radical (unpaired) electrons. The second kappa shape index (κ2) is 5.66. The zero-order valence-electron chi connectivity index (χ0n) is 9.48. The first-order valence-corrected chi connectivity index (χ1v) is 5.90. The highest BCUT2D eigenvalue weighted by molar-refractivity contribution is 5.71. The number of carbonyl (C=O) groups excluding carboxylic acids is 1. The molecule has 0 aliphatic carbocycles. The van der Waals surface area contributed by atoms with E-state index in [1.54, 1.807) is 0 Å². The highest BCUT2D eigenvalue weighted by atomic mass is 16.1. The van der Waals surface area contributed by atoms with Gasteiger partial charge in [-0.05, 0) is 43.6 Å². The minimum Gasteiger partial charge on any atom is -0.329 e. The number of nitrogens with one attached hydrogen (secondary N) is 1. The van der Waals surface area contributed by atoms with Gasteiger partial charge < -0.3 is 5.32 Å². The molecule has 3 heteroatoms. The van der Waals surface area contributed by atoms with Crippen LogP contribution in [0.3, 0.4) is 0 Å². The average Bonchev–Trinajstić information content (AvgIpc) is 2.31. The fraction of sp³-hybridized carbons (Fsp3) is 0.462. The first kappa shape index (κ1) is 11.1. The van der Waals surface area contributed by atoms with Gasteiger partial charge in [-0.3, -0.25) is 9.69 Å². The average molecular weight is 218 g/mol. The minimum atomic E-state index is 0.722. The van der Waals surface area contributed by atoms with E-state index in [0.29, 0.717) is 0 Å². The molecule has 1 heterocycles. The summed E-state index contributed by atoms with van der Waals surface area (Å²) < 4.78 is 0. The van der Waals surface area contributed by atoms with Crippen molar-refractivity contribution in [3.8, 4) is 0 Å². The Morgan fingerprint density at radius 3 is 2.81 bits per heavy atom. The molecular weight excluding hydrogens is 200 g/mol. The number of nitrogens with zero attached hydrogens (tertiary/aromatic N) is 1. The van der Waals surface area contributed by atoms with Crippen LogP contribution in [-0.2, 0) is 11.3 Å². The Morgan fingerprint density at radius 1 is 1.25 bits per heavy atom. The standard InChI is InChI=1S/C13H18N2O/c16-11-14-13-6-4-5-12(9-13)10-15-7-2-1-3-8-15/h4-6,9,11H,1-3,7-8,10H2,(H,14,16). The summed E-state index contributed by atoms with van der Waals surface area (Å²) in [5.74, 6) is 0. The van der Waals surface area contributed by atoms with E-state index in [2.05, 4.69) is 16.3 Å². The van der Waals surface area contributed by atoms with Crippen molar-refractivity contribution in [2.45, 2.75) is 25.8 Å². The van der Waals surface area contributed by atoms with Crippen molar-refractivity contribution in [3.05, 3.63) is 29.8 Å². The number of piperidine rings is 1. The van der Waals surface area contributed by atoms with Gasteiger partial charge in [0, 0.05) is 12.2 Å². The van der Waals surface area contributed by atoms with E-state index in [0.717, 1.165) is 18.6 Å². The van der Waals surface area contributed by atoms with Crippen LogP contribution in [0, 0.1) is 0 Å². The van der Waals surface area contributed by atoms with Crippen LogP contribution >= 0.6 is 0 Å². The van der Waals surface area contributed by atoms with Gasteiger partial charge in [-0.1, -0.05) is 18.6 Å². The van der Waals surface area contributed by atoms with Gasteiger partial charge in [-0.2, -0.15) is 0 Å². The number of anilines is 1. The van der Waals surface area contributed by atoms with Crippen LogP contribution in [0.2, 0.25) is 0 Å². The largest absolute Gasteiger partial charge is 0.329 e. The Bertz CT molecular complexity index is 346. The summed E-state index contributed by atoms with van der Waals surface area (Å²) in [6, 6.07) is 8.06. The number of hydrogen-bond donors (Lipinski definition) is 1. The second-order valence-corrected chi connectivity index (χ2v) is 4.30. The molecule has 1 fully saturated rings. The van der Waals surface area contributed by atoms with E-state index in [4.69, 9.17) is 0 Å². The molecule has 2 rings (SSSR count). The van der Waals surface area contributed by atoms with Crippen LogP contribution in [0.4, 0.5) is 5.69 Å². The Hall–Kier alpha value is -1.35. The number of hydrogen-bond acceptors (Lipinski definition) is 2. The lowest BCUT2D eigenvalue weighted by Crippen LogP contribution is -2.29. The lowest BCUT2D eigenvalue weighted by molar-refractivity contribution is -0.105. The molecule has 1 amide bonds. The summed E-state index contributed by atoms with van der Waals surface area (Å²) >= 11 is 0. The molecule has 0 spiro atoms. The van der Waals surface area contributed by atoms with Gasteiger partial charge in [0.1, 0.15) is 0 Å². The van der Waals surface area contributed by atoms with E-state index in [9.17, 15) is 4.79 Å². The number of rotatable bonds is 4. The molecule has 0 unspecified atom stereocenters. The van der Waals surface area contributed by atoms with Gasteiger partial charge >= 0.3 is 0 Å². The Labute approximate surface area is 96.5 Å². The van der Waals surface area contributed by atoms with Gasteiger partial charge in [0.05, 0.1) is 0 Å². The molecule has 86 valence electrons. The third kappa shape index (κ3) is 3.07. The molecule has 1 aromatic rings. The number of amides is 1. The zero-order chi connectivity index (χ0) is 11.2. The summed E-state index contributed by atoms with van der Waals surface area (Å²) in [7, 11) is 0. The van der Waals surface area contributed by atoms with Crippen LogP contribution in [-0.4, -0.2) is 24.4 Å². The summed E-state index contributed by atoms with van der Waals surface area (Å²) in [6.07, 6.45) is 4.71. The van der Waals surface area contributed by atoms with Crippen molar-refractivity contribution >= 4 is 12.1 Å². The molecule has 1 saturated heterocycles. The fourth-order valence-electron chi connectivity index (χ4n) is 2.20. The van der Waals surface area contributed by atoms with Crippen LogP contribution in [0.25, 0.3) is 0 Å². The van der Waals surface area contributed by atoms with E-state index in [1.807, 2.05) is 18.2 Å². The Morgan fingerprint density at radius 2 is 2.06 bits per heavy atom. The molecule has 0 atom stereocenters. The van der Waals surface area contributed by atoms with Crippen LogP contribution in [0.15, 0.2) is 24.3 Å². The minimum absolute atomic E-state index is 0.722. The number of likely N-dealkylation sites (tertiary alicyclic amines) is 1. The van der Waals surface area contributed by atoms with Gasteiger partial charge in [0.2, 0.25) is 6.41 Å². The number of benzene rings is 1. The van der Waals surface area contributed by atoms with Gasteiger partial charge in [-0.25, -0.2) is 0 Å². The third-order valence-corrected chi connectivity index (χ3v) is 3.01. The Balaban J connectivity index is 1.97. The first-order chi connectivity index (χ1) is 7.88. The molecule has 0 bridgehead atoms. The fourth-order valence-corrected chi connectivity index (χ4v) is 2.20. The summed E-state index contributed by atoms with van der Waals surface area (Å²) in [4.78, 5) is 12.8. The van der Waals surface area contributed by atoms with E-state index < -0.39 is 0 Å². The molecule has 3 nitrogen and oxygen atoms in total. The SMILES string of the molecule is O=CNc1cccc(CN2CCCCC2)c1. The summed E-state index contributed by atoms with van der Waals surface area (Å²) in [6.45, 7) is 3.39. The van der Waals surface area contributed by atoms with Crippen molar-refractivity contribution in [1.82, 2.24) is 4.90 Å².